The summed E-state index contributed by atoms with van der Waals surface area (Å²) in [7, 11) is 0. The molecule has 0 saturated heterocycles. The van der Waals surface area contributed by atoms with Crippen molar-refractivity contribution in [2.75, 3.05) is 13.2 Å². The molecule has 29 heavy (non-hydrogen) atoms. The molecule has 1 aromatic carbocycles. The Balaban J connectivity index is 2.33. The molecule has 2 heterocycles. The lowest BCUT2D eigenvalue weighted by atomic mass is 9.68. The molecule has 1 aromatic rings. The topological polar surface area (TPSA) is 141 Å². The Bertz CT molecular complexity index is 1000. The molecule has 0 saturated carbocycles. The van der Waals surface area contributed by atoms with Crippen molar-refractivity contribution < 1.29 is 28.6 Å². The van der Waals surface area contributed by atoms with Gasteiger partial charge in [-0.2, -0.15) is 5.26 Å². The van der Waals surface area contributed by atoms with Crippen LogP contribution in [-0.4, -0.2) is 31.1 Å². The maximum Gasteiger partial charge on any atom is 0.337 e. The van der Waals surface area contributed by atoms with Crippen molar-refractivity contribution in [3.05, 3.63) is 52.6 Å². The van der Waals surface area contributed by atoms with Crippen LogP contribution in [0.15, 0.2) is 47.0 Å². The maximum absolute atomic E-state index is 13.3. The van der Waals surface area contributed by atoms with Crippen LogP contribution in [0.25, 0.3) is 0 Å². The highest BCUT2D eigenvalue weighted by Gasteiger charge is 2.60. The van der Waals surface area contributed by atoms with Crippen molar-refractivity contribution >= 4 is 17.8 Å². The van der Waals surface area contributed by atoms with Crippen LogP contribution < -0.4 is 15.8 Å². The second-order valence-corrected chi connectivity index (χ2v) is 6.21. The number of rotatable bonds is 5. The first-order chi connectivity index (χ1) is 13.9. The fraction of sp³-hybridized carbons (Fsp3) is 0.300. The fourth-order valence-electron chi connectivity index (χ4n) is 3.59. The van der Waals surface area contributed by atoms with E-state index in [1.165, 1.54) is 0 Å². The highest BCUT2D eigenvalue weighted by molar-refractivity contribution is 6.13. The number of amides is 1. The standard InChI is InChI=1S/C20H19N3O6/c1-3-27-15(24)9-13-16(18(25)28-4-2)20(19(26)23-13)11-7-5-6-8-14(11)29-17(22)12(20)10-21/h5-8H,3-4,9,22H2,1-2H3,(H,23,26)/t20-/m0/s1. The van der Waals surface area contributed by atoms with Crippen LogP contribution in [0.1, 0.15) is 25.8 Å². The molecule has 2 aliphatic rings. The predicted octanol–water partition coefficient (Wildman–Crippen LogP) is 0.911. The molecule has 0 fully saturated rings. The van der Waals surface area contributed by atoms with E-state index in [-0.39, 0.29) is 53.7 Å². The summed E-state index contributed by atoms with van der Waals surface area (Å²) >= 11 is 0. The number of carbonyl (C=O) groups is 3. The Kier molecular flexibility index (Phi) is 5.28. The highest BCUT2D eigenvalue weighted by Crippen LogP contribution is 2.51. The first kappa shape index (κ1) is 19.9. The van der Waals surface area contributed by atoms with Gasteiger partial charge in [0.05, 0.1) is 25.2 Å². The maximum atomic E-state index is 13.3. The van der Waals surface area contributed by atoms with E-state index in [9.17, 15) is 19.6 Å². The summed E-state index contributed by atoms with van der Waals surface area (Å²) in [5, 5.41) is 12.4. The Labute approximate surface area is 166 Å². The summed E-state index contributed by atoms with van der Waals surface area (Å²) in [5.41, 5.74) is 3.88. The minimum absolute atomic E-state index is 0.00385. The zero-order chi connectivity index (χ0) is 21.2. The molecule has 2 aliphatic heterocycles. The number of nitrogens with two attached hydrogens (primary N) is 1. The Morgan fingerprint density at radius 1 is 1.24 bits per heavy atom. The molecular formula is C20H19N3O6. The van der Waals surface area contributed by atoms with E-state index in [4.69, 9.17) is 19.9 Å². The molecule has 150 valence electrons. The van der Waals surface area contributed by atoms with E-state index in [0.717, 1.165) is 0 Å². The van der Waals surface area contributed by atoms with Crippen molar-refractivity contribution in [3.8, 4) is 11.8 Å². The number of para-hydroxylation sites is 1. The number of benzene rings is 1. The van der Waals surface area contributed by atoms with E-state index in [1.54, 1.807) is 38.1 Å². The van der Waals surface area contributed by atoms with E-state index in [0.29, 0.717) is 0 Å². The summed E-state index contributed by atoms with van der Waals surface area (Å²) in [6.45, 7) is 3.40. The first-order valence-corrected chi connectivity index (χ1v) is 8.97. The lowest BCUT2D eigenvalue weighted by molar-refractivity contribution is -0.142. The van der Waals surface area contributed by atoms with E-state index < -0.39 is 23.3 Å². The molecule has 0 bridgehead atoms. The van der Waals surface area contributed by atoms with Gasteiger partial charge in [0.2, 0.25) is 11.8 Å². The van der Waals surface area contributed by atoms with E-state index in [1.807, 2.05) is 6.07 Å². The van der Waals surface area contributed by atoms with Gasteiger partial charge in [-0.05, 0) is 19.9 Å². The third-order valence-electron chi connectivity index (χ3n) is 4.63. The third-order valence-corrected chi connectivity index (χ3v) is 4.63. The van der Waals surface area contributed by atoms with Gasteiger partial charge in [-0.15, -0.1) is 0 Å². The van der Waals surface area contributed by atoms with Crippen molar-refractivity contribution in [1.29, 1.82) is 5.26 Å². The van der Waals surface area contributed by atoms with Gasteiger partial charge in [-0.3, -0.25) is 9.59 Å². The zero-order valence-corrected chi connectivity index (χ0v) is 15.9. The average Bonchev–Trinajstić information content (AvgIpc) is 2.94. The second-order valence-electron chi connectivity index (χ2n) is 6.21. The lowest BCUT2D eigenvalue weighted by Crippen LogP contribution is -2.46. The van der Waals surface area contributed by atoms with Gasteiger partial charge in [0.15, 0.2) is 5.41 Å². The zero-order valence-electron chi connectivity index (χ0n) is 15.9. The normalized spacial score (nSPS) is 20.0. The Hall–Kier alpha value is -3.80. The van der Waals surface area contributed by atoms with Crippen LogP contribution >= 0.6 is 0 Å². The molecule has 1 atom stereocenters. The minimum Gasteiger partial charge on any atom is -0.466 e. The van der Waals surface area contributed by atoms with Crippen molar-refractivity contribution in [2.45, 2.75) is 25.7 Å². The van der Waals surface area contributed by atoms with Crippen LogP contribution in [0.3, 0.4) is 0 Å². The summed E-state index contributed by atoms with van der Waals surface area (Å²) in [6.07, 6.45) is -0.378. The van der Waals surface area contributed by atoms with Gasteiger partial charge < -0.3 is 25.3 Å². The van der Waals surface area contributed by atoms with E-state index in [2.05, 4.69) is 5.32 Å². The fourth-order valence-corrected chi connectivity index (χ4v) is 3.59. The molecule has 1 amide bonds. The number of fused-ring (bicyclic) bond motifs is 2. The van der Waals surface area contributed by atoms with Gasteiger partial charge in [0, 0.05) is 11.3 Å². The second kappa shape index (κ2) is 7.67. The summed E-state index contributed by atoms with van der Waals surface area (Å²) < 4.78 is 15.6. The largest absolute Gasteiger partial charge is 0.466 e. The molecule has 0 aromatic heterocycles. The van der Waals surface area contributed by atoms with Crippen LogP contribution in [0.4, 0.5) is 0 Å². The van der Waals surface area contributed by atoms with Crippen LogP contribution in [-0.2, 0) is 29.3 Å². The first-order valence-electron chi connectivity index (χ1n) is 8.97. The Morgan fingerprint density at radius 2 is 1.93 bits per heavy atom. The molecule has 0 radical (unpaired) electrons. The minimum atomic E-state index is -1.89. The number of hydrogen-bond acceptors (Lipinski definition) is 8. The van der Waals surface area contributed by atoms with Gasteiger partial charge in [-0.25, -0.2) is 4.79 Å². The molecular weight excluding hydrogens is 378 g/mol. The third kappa shape index (κ3) is 2.99. The van der Waals surface area contributed by atoms with Crippen LogP contribution in [0, 0.1) is 11.3 Å². The van der Waals surface area contributed by atoms with Gasteiger partial charge in [0.25, 0.3) is 0 Å². The van der Waals surface area contributed by atoms with Crippen LogP contribution in [0.5, 0.6) is 5.75 Å². The number of nitrogens with zero attached hydrogens (tertiary/aromatic N) is 1. The molecule has 1 spiro atoms. The van der Waals surface area contributed by atoms with Crippen molar-refractivity contribution in [3.63, 3.8) is 0 Å². The number of esters is 2. The summed E-state index contributed by atoms with van der Waals surface area (Å²) in [5.74, 6) is -2.27. The smallest absolute Gasteiger partial charge is 0.337 e. The molecule has 9 heteroatoms. The highest BCUT2D eigenvalue weighted by atomic mass is 16.5. The quantitative estimate of drug-likeness (QED) is 0.699. The molecule has 9 nitrogen and oxygen atoms in total. The number of nitrogens with one attached hydrogen (secondary N) is 1. The number of hydrogen-bond donors (Lipinski definition) is 2. The van der Waals surface area contributed by atoms with E-state index >= 15 is 0 Å². The number of ether oxygens (including phenoxy) is 3. The van der Waals surface area contributed by atoms with Crippen molar-refractivity contribution in [1.82, 2.24) is 5.32 Å². The lowest BCUT2D eigenvalue weighted by Gasteiger charge is -2.34. The van der Waals surface area contributed by atoms with Crippen LogP contribution in [0.2, 0.25) is 0 Å². The molecule has 3 rings (SSSR count). The Morgan fingerprint density at radius 3 is 2.59 bits per heavy atom. The summed E-state index contributed by atoms with van der Waals surface area (Å²) in [4.78, 5) is 38.3. The molecule has 3 N–H and O–H groups in total. The van der Waals surface area contributed by atoms with Gasteiger partial charge in [-0.1, -0.05) is 18.2 Å². The average molecular weight is 397 g/mol. The van der Waals surface area contributed by atoms with Gasteiger partial charge >= 0.3 is 11.9 Å². The summed E-state index contributed by atoms with van der Waals surface area (Å²) in [6, 6.07) is 8.32. The SMILES string of the molecule is CCOC(=O)CC1=C(C(=O)OCC)[C@@]2(C(=O)N1)C(C#N)=C(N)Oc1ccccc12. The number of nitriles is 1. The molecule has 0 aliphatic carbocycles. The molecule has 0 unspecified atom stereocenters. The predicted molar refractivity (Wildman–Crippen MR) is 98.6 cm³/mol. The monoisotopic (exact) mass is 397 g/mol. The van der Waals surface area contributed by atoms with Gasteiger partial charge in [0.1, 0.15) is 17.4 Å². The number of carbonyl (C=O) groups excluding carboxylic acids is 3. The van der Waals surface area contributed by atoms with Crippen molar-refractivity contribution in [2.24, 2.45) is 5.73 Å².